The summed E-state index contributed by atoms with van der Waals surface area (Å²) >= 11 is 1.71. The second-order valence-corrected chi connectivity index (χ2v) is 6.59. The fourth-order valence-electron chi connectivity index (χ4n) is 2.01. The van der Waals surface area contributed by atoms with Crippen molar-refractivity contribution in [3.8, 4) is 5.75 Å². The Morgan fingerprint density at radius 1 is 1.25 bits per heavy atom. The zero-order chi connectivity index (χ0) is 16.7. The monoisotopic (exact) mass is 460 g/mol. The van der Waals surface area contributed by atoms with E-state index in [2.05, 4.69) is 27.5 Å². The highest BCUT2D eigenvalue weighted by molar-refractivity contribution is 14.0. The third kappa shape index (κ3) is 6.64. The molecule has 24 heavy (non-hydrogen) atoms. The number of rotatable bonds is 6. The van der Waals surface area contributed by atoms with Crippen LogP contribution >= 0.6 is 35.3 Å². The number of para-hydroxylation sites is 1. The van der Waals surface area contributed by atoms with Gasteiger partial charge in [0.25, 0.3) is 0 Å². The summed E-state index contributed by atoms with van der Waals surface area (Å²) in [6.07, 6.45) is 0.0419. The highest BCUT2D eigenvalue weighted by atomic mass is 127. The van der Waals surface area contributed by atoms with Crippen molar-refractivity contribution in [1.82, 2.24) is 15.6 Å². The Morgan fingerprint density at radius 3 is 2.54 bits per heavy atom. The van der Waals surface area contributed by atoms with Crippen molar-refractivity contribution in [3.63, 3.8) is 0 Å². The molecule has 0 amide bonds. The molecule has 1 heterocycles. The molecule has 0 spiro atoms. The van der Waals surface area contributed by atoms with Crippen LogP contribution in [0.4, 0.5) is 0 Å². The minimum atomic E-state index is 0. The van der Waals surface area contributed by atoms with Crippen molar-refractivity contribution in [1.29, 1.82) is 0 Å². The predicted molar refractivity (Wildman–Crippen MR) is 112 cm³/mol. The molecule has 0 saturated heterocycles. The fourth-order valence-corrected chi connectivity index (χ4v) is 2.88. The Kier molecular flexibility index (Phi) is 9.05. The average Bonchev–Trinajstić information content (AvgIpc) is 2.87. The van der Waals surface area contributed by atoms with Gasteiger partial charge in [0.2, 0.25) is 0 Å². The van der Waals surface area contributed by atoms with Gasteiger partial charge in [-0.05, 0) is 32.9 Å². The van der Waals surface area contributed by atoms with Crippen LogP contribution in [0.3, 0.4) is 0 Å². The largest absolute Gasteiger partial charge is 0.489 e. The molecule has 0 aliphatic rings. The molecule has 0 aliphatic carbocycles. The van der Waals surface area contributed by atoms with Gasteiger partial charge in [-0.3, -0.25) is 4.99 Å². The molecule has 5 nitrogen and oxygen atoms in total. The molecule has 0 saturated carbocycles. The summed E-state index contributed by atoms with van der Waals surface area (Å²) in [4.78, 5) is 10.0. The molecular formula is C17H25IN4OS. The summed E-state index contributed by atoms with van der Waals surface area (Å²) in [7, 11) is 1.76. The molecule has 1 atom stereocenters. The number of aliphatic imine (C=N–C) groups is 1. The van der Waals surface area contributed by atoms with Crippen LogP contribution in [0, 0.1) is 13.8 Å². The molecule has 0 aliphatic heterocycles. The number of hydrogen-bond acceptors (Lipinski definition) is 4. The lowest BCUT2D eigenvalue weighted by molar-refractivity contribution is 0.224. The van der Waals surface area contributed by atoms with Crippen LogP contribution in [0.2, 0.25) is 0 Å². The smallest absolute Gasteiger partial charge is 0.191 e. The minimum absolute atomic E-state index is 0. The number of aromatic nitrogens is 1. The Morgan fingerprint density at radius 2 is 1.96 bits per heavy atom. The van der Waals surface area contributed by atoms with Crippen LogP contribution in [0.15, 0.2) is 35.3 Å². The molecule has 0 radical (unpaired) electrons. The van der Waals surface area contributed by atoms with E-state index in [1.807, 2.05) is 44.2 Å². The van der Waals surface area contributed by atoms with Crippen molar-refractivity contribution in [2.45, 2.75) is 33.4 Å². The summed E-state index contributed by atoms with van der Waals surface area (Å²) in [5, 5.41) is 7.61. The third-order valence-electron chi connectivity index (χ3n) is 3.34. The van der Waals surface area contributed by atoms with E-state index >= 15 is 0 Å². The zero-order valence-corrected chi connectivity index (χ0v) is 17.6. The first-order valence-electron chi connectivity index (χ1n) is 7.67. The first-order chi connectivity index (χ1) is 11.1. The van der Waals surface area contributed by atoms with Crippen LogP contribution in [0.25, 0.3) is 0 Å². The van der Waals surface area contributed by atoms with Crippen LogP contribution in [-0.4, -0.2) is 30.6 Å². The number of guanidine groups is 1. The number of ether oxygens (including phenoxy) is 1. The zero-order valence-electron chi connectivity index (χ0n) is 14.5. The Balaban J connectivity index is 0.00000288. The van der Waals surface area contributed by atoms with Crippen LogP contribution in [0.5, 0.6) is 5.75 Å². The minimum Gasteiger partial charge on any atom is -0.489 e. The van der Waals surface area contributed by atoms with E-state index in [1.54, 1.807) is 18.4 Å². The SMILES string of the molecule is CN=C(NCc1nc(C)c(C)s1)NCC(C)Oc1ccccc1.I. The predicted octanol–water partition coefficient (Wildman–Crippen LogP) is 3.51. The van der Waals surface area contributed by atoms with Gasteiger partial charge in [0.15, 0.2) is 5.96 Å². The quantitative estimate of drug-likeness (QED) is 0.394. The normalized spacial score (nSPS) is 12.2. The Hall–Kier alpha value is -1.35. The van der Waals surface area contributed by atoms with E-state index in [1.165, 1.54) is 4.88 Å². The molecule has 2 rings (SSSR count). The lowest BCUT2D eigenvalue weighted by Gasteiger charge is -2.17. The van der Waals surface area contributed by atoms with Crippen LogP contribution in [0.1, 0.15) is 22.5 Å². The maximum atomic E-state index is 5.84. The van der Waals surface area contributed by atoms with Gasteiger partial charge in [0, 0.05) is 11.9 Å². The number of benzene rings is 1. The molecule has 1 unspecified atom stereocenters. The van der Waals surface area contributed by atoms with Gasteiger partial charge in [-0.15, -0.1) is 35.3 Å². The Bertz CT molecular complexity index is 626. The number of nitrogens with one attached hydrogen (secondary N) is 2. The van der Waals surface area contributed by atoms with E-state index < -0.39 is 0 Å². The molecule has 0 bridgehead atoms. The molecule has 132 valence electrons. The lowest BCUT2D eigenvalue weighted by Crippen LogP contribution is -2.41. The molecular weight excluding hydrogens is 435 g/mol. The highest BCUT2D eigenvalue weighted by Crippen LogP contribution is 2.15. The van der Waals surface area contributed by atoms with Crippen LogP contribution in [-0.2, 0) is 6.54 Å². The van der Waals surface area contributed by atoms with Crippen molar-refractivity contribution in [2.24, 2.45) is 4.99 Å². The van der Waals surface area contributed by atoms with E-state index in [-0.39, 0.29) is 30.1 Å². The molecule has 0 fully saturated rings. The third-order valence-corrected chi connectivity index (χ3v) is 4.41. The summed E-state index contributed by atoms with van der Waals surface area (Å²) in [6.45, 7) is 7.50. The number of nitrogens with zero attached hydrogens (tertiary/aromatic N) is 2. The summed E-state index contributed by atoms with van der Waals surface area (Å²) in [5.74, 6) is 1.62. The lowest BCUT2D eigenvalue weighted by atomic mass is 10.3. The second kappa shape index (κ2) is 10.5. The average molecular weight is 460 g/mol. The summed E-state index contributed by atoms with van der Waals surface area (Å²) in [5.41, 5.74) is 1.10. The molecule has 2 aromatic rings. The van der Waals surface area contributed by atoms with Crippen molar-refractivity contribution in [2.75, 3.05) is 13.6 Å². The van der Waals surface area contributed by atoms with Crippen LogP contribution < -0.4 is 15.4 Å². The first kappa shape index (κ1) is 20.7. The van der Waals surface area contributed by atoms with E-state index in [0.29, 0.717) is 13.1 Å². The van der Waals surface area contributed by atoms with E-state index in [0.717, 1.165) is 22.4 Å². The maximum absolute atomic E-state index is 5.84. The van der Waals surface area contributed by atoms with Gasteiger partial charge in [0.05, 0.1) is 18.8 Å². The van der Waals surface area contributed by atoms with Crippen molar-refractivity contribution < 1.29 is 4.74 Å². The van der Waals surface area contributed by atoms with Gasteiger partial charge in [-0.2, -0.15) is 0 Å². The second-order valence-electron chi connectivity index (χ2n) is 5.30. The van der Waals surface area contributed by atoms with Gasteiger partial charge < -0.3 is 15.4 Å². The van der Waals surface area contributed by atoms with E-state index in [9.17, 15) is 0 Å². The van der Waals surface area contributed by atoms with Gasteiger partial charge >= 0.3 is 0 Å². The van der Waals surface area contributed by atoms with E-state index in [4.69, 9.17) is 4.74 Å². The Labute approximate surface area is 165 Å². The van der Waals surface area contributed by atoms with Crippen molar-refractivity contribution in [3.05, 3.63) is 45.9 Å². The molecule has 1 aromatic heterocycles. The topological polar surface area (TPSA) is 58.5 Å². The highest BCUT2D eigenvalue weighted by Gasteiger charge is 2.07. The van der Waals surface area contributed by atoms with Gasteiger partial charge in [0.1, 0.15) is 16.9 Å². The molecule has 2 N–H and O–H groups in total. The molecule has 7 heteroatoms. The van der Waals surface area contributed by atoms with Gasteiger partial charge in [-0.25, -0.2) is 4.98 Å². The first-order valence-corrected chi connectivity index (χ1v) is 8.49. The maximum Gasteiger partial charge on any atom is 0.191 e. The number of hydrogen-bond donors (Lipinski definition) is 2. The summed E-state index contributed by atoms with van der Waals surface area (Å²) in [6, 6.07) is 9.82. The van der Waals surface area contributed by atoms with Gasteiger partial charge in [-0.1, -0.05) is 18.2 Å². The number of thiazole rings is 1. The number of aryl methyl sites for hydroxylation is 2. The fraction of sp³-hybridized carbons (Fsp3) is 0.412. The standard InChI is InChI=1S/C17H24N4OS.HI/c1-12(22-15-8-6-5-7-9-15)10-19-17(18-4)20-11-16-21-13(2)14(3)23-16;/h5-9,12H,10-11H2,1-4H3,(H2,18,19,20);1H. The van der Waals surface area contributed by atoms with Crippen molar-refractivity contribution >= 4 is 41.3 Å². The summed E-state index contributed by atoms with van der Waals surface area (Å²) < 4.78 is 5.84. The number of halogens is 1. The molecule has 1 aromatic carbocycles.